The van der Waals surface area contributed by atoms with E-state index in [9.17, 15) is 0 Å². The van der Waals surface area contributed by atoms with E-state index in [1.54, 1.807) is 0 Å². The van der Waals surface area contributed by atoms with Gasteiger partial charge in [-0.05, 0) is 111 Å². The van der Waals surface area contributed by atoms with E-state index < -0.39 is 0 Å². The number of aromatic nitrogens is 1. The van der Waals surface area contributed by atoms with E-state index >= 15 is 0 Å². The molecule has 1 heterocycles. The molecule has 0 aliphatic heterocycles. The van der Waals surface area contributed by atoms with Crippen molar-refractivity contribution in [1.29, 1.82) is 0 Å². The van der Waals surface area contributed by atoms with E-state index in [0.717, 1.165) is 29.9 Å². The molecule has 2 nitrogen and oxygen atoms in total. The van der Waals surface area contributed by atoms with Crippen molar-refractivity contribution in [2.45, 2.75) is 51.4 Å². The van der Waals surface area contributed by atoms with Crippen LogP contribution in [0.1, 0.15) is 67.6 Å². The average molecular weight is 797 g/mol. The second kappa shape index (κ2) is 13.7. The zero-order valence-electron chi connectivity index (χ0n) is 35.8. The number of hydrogen-bond donors (Lipinski definition) is 0. The first-order valence-corrected chi connectivity index (χ1v) is 22.2. The Morgan fingerprint density at radius 1 is 0.468 bits per heavy atom. The maximum absolute atomic E-state index is 2.53. The number of benzene rings is 8. The van der Waals surface area contributed by atoms with Gasteiger partial charge in [0.15, 0.2) is 0 Å². The molecule has 62 heavy (non-hydrogen) atoms. The number of fused-ring (bicyclic) bond motifs is 9. The van der Waals surface area contributed by atoms with Gasteiger partial charge in [0.1, 0.15) is 0 Å². The van der Waals surface area contributed by atoms with Crippen LogP contribution in [-0.2, 0) is 17.3 Å². The number of hydrogen-bond acceptors (Lipinski definition) is 1. The van der Waals surface area contributed by atoms with Gasteiger partial charge in [-0.25, -0.2) is 0 Å². The van der Waals surface area contributed by atoms with E-state index in [2.05, 4.69) is 231 Å². The maximum Gasteiger partial charge on any atom is 0.0540 e. The van der Waals surface area contributed by atoms with E-state index in [1.165, 1.54) is 94.6 Å². The molecule has 0 spiro atoms. The van der Waals surface area contributed by atoms with Crippen LogP contribution in [0.5, 0.6) is 0 Å². The molecule has 298 valence electrons. The zero-order valence-corrected chi connectivity index (χ0v) is 35.8. The van der Waals surface area contributed by atoms with E-state index in [1.807, 2.05) is 0 Å². The number of rotatable bonds is 6. The molecule has 0 unspecified atom stereocenters. The fourth-order valence-electron chi connectivity index (χ4n) is 11.3. The Labute approximate surface area is 365 Å². The average Bonchev–Trinajstić information content (AvgIpc) is 3.86. The van der Waals surface area contributed by atoms with Crippen LogP contribution in [0, 0.1) is 0 Å². The van der Waals surface area contributed by atoms with Crippen molar-refractivity contribution in [3.8, 4) is 50.2 Å². The third-order valence-electron chi connectivity index (χ3n) is 14.3. The molecule has 0 saturated carbocycles. The van der Waals surface area contributed by atoms with E-state index in [4.69, 9.17) is 0 Å². The summed E-state index contributed by atoms with van der Waals surface area (Å²) in [6.07, 6.45) is 6.70. The van der Waals surface area contributed by atoms with Crippen LogP contribution in [0.25, 0.3) is 67.2 Å². The summed E-state index contributed by atoms with van der Waals surface area (Å²) in [5, 5.41) is 1.30. The Bertz CT molecular complexity index is 3320. The standard InChI is InChI=1S/C60H48N2/c1-59(2)50-28-11-5-22-43(50)49-37-39(35-36-52(49)59)42-21-7-13-31-54(42)61(40-19-17-20-41(38-40)62-55-32-14-8-23-44(55)45-24-9-15-33-56(45)62)57-34-16-10-25-46(57)47-27-18-30-53-58(47)48-26-6-12-29-51(48)60(53,3)4/h5-14,16-32,34-38H,15,33H2,1-4H3. The predicted molar refractivity (Wildman–Crippen MR) is 261 cm³/mol. The van der Waals surface area contributed by atoms with Crippen molar-refractivity contribution in [3.05, 3.63) is 222 Å². The van der Waals surface area contributed by atoms with Crippen LogP contribution in [0.3, 0.4) is 0 Å². The van der Waals surface area contributed by atoms with Crippen molar-refractivity contribution in [1.82, 2.24) is 4.57 Å². The van der Waals surface area contributed by atoms with Gasteiger partial charge in [-0.2, -0.15) is 0 Å². The van der Waals surface area contributed by atoms with Crippen LogP contribution >= 0.6 is 0 Å². The highest BCUT2D eigenvalue weighted by atomic mass is 15.2. The van der Waals surface area contributed by atoms with Gasteiger partial charge in [-0.15, -0.1) is 0 Å². The Kier molecular flexibility index (Phi) is 8.09. The van der Waals surface area contributed by atoms with Gasteiger partial charge >= 0.3 is 0 Å². The monoisotopic (exact) mass is 796 g/mol. The number of allylic oxidation sites excluding steroid dienone is 1. The molecule has 9 aromatic rings. The van der Waals surface area contributed by atoms with Crippen molar-refractivity contribution in [2.24, 2.45) is 0 Å². The highest BCUT2D eigenvalue weighted by molar-refractivity contribution is 6.00. The smallest absolute Gasteiger partial charge is 0.0540 e. The summed E-state index contributed by atoms with van der Waals surface area (Å²) in [4.78, 5) is 2.53. The predicted octanol–water partition coefficient (Wildman–Crippen LogP) is 16.0. The van der Waals surface area contributed by atoms with Gasteiger partial charge in [-0.1, -0.05) is 179 Å². The molecule has 1 aromatic heterocycles. The number of anilines is 3. The van der Waals surface area contributed by atoms with Crippen molar-refractivity contribution < 1.29 is 0 Å². The molecule has 0 N–H and O–H groups in total. The maximum atomic E-state index is 2.53. The lowest BCUT2D eigenvalue weighted by atomic mass is 9.82. The summed E-state index contributed by atoms with van der Waals surface area (Å²) in [6.45, 7) is 9.46. The Morgan fingerprint density at radius 2 is 1.06 bits per heavy atom. The van der Waals surface area contributed by atoms with Gasteiger partial charge in [0.25, 0.3) is 0 Å². The van der Waals surface area contributed by atoms with Gasteiger partial charge in [0.2, 0.25) is 0 Å². The Morgan fingerprint density at radius 3 is 1.89 bits per heavy atom. The van der Waals surface area contributed by atoms with Gasteiger partial charge in [0, 0.05) is 50.0 Å². The first kappa shape index (κ1) is 36.7. The molecule has 0 radical (unpaired) electrons. The fraction of sp³-hybridized carbons (Fsp3) is 0.133. The van der Waals surface area contributed by atoms with Crippen LogP contribution in [-0.4, -0.2) is 4.57 Å². The van der Waals surface area contributed by atoms with Crippen LogP contribution in [0.4, 0.5) is 17.1 Å². The topological polar surface area (TPSA) is 8.17 Å². The normalized spacial score (nSPS) is 14.8. The van der Waals surface area contributed by atoms with Crippen molar-refractivity contribution in [2.75, 3.05) is 4.90 Å². The molecular weight excluding hydrogens is 749 g/mol. The van der Waals surface area contributed by atoms with Crippen molar-refractivity contribution in [3.63, 3.8) is 0 Å². The molecule has 12 rings (SSSR count). The quantitative estimate of drug-likeness (QED) is 0.163. The first-order chi connectivity index (χ1) is 30.3. The van der Waals surface area contributed by atoms with E-state index in [-0.39, 0.29) is 10.8 Å². The summed E-state index contributed by atoms with van der Waals surface area (Å²) >= 11 is 0. The Hall–Kier alpha value is -7.16. The number of para-hydroxylation sites is 3. The second-order valence-electron chi connectivity index (χ2n) is 18.4. The lowest BCUT2D eigenvalue weighted by molar-refractivity contribution is 0.660. The highest BCUT2D eigenvalue weighted by Gasteiger charge is 2.38. The summed E-state index contributed by atoms with van der Waals surface area (Å²) < 4.78 is 2.51. The summed E-state index contributed by atoms with van der Waals surface area (Å²) in [6, 6.07) is 68.3. The SMILES string of the molecule is CC1(C)c2ccccc2-c2cc(-c3ccccc3N(c3cccc(-n4c5c(c6ccccc64)C=CCC5)c3)c3ccccc3-c3cccc4c3-c3ccccc3C4(C)C)ccc21. The zero-order chi connectivity index (χ0) is 41.7. The van der Waals surface area contributed by atoms with Crippen LogP contribution in [0.2, 0.25) is 0 Å². The molecule has 3 aliphatic carbocycles. The molecule has 0 amide bonds. The molecule has 3 aliphatic rings. The third kappa shape index (κ3) is 5.29. The van der Waals surface area contributed by atoms with Gasteiger partial charge in [0.05, 0.1) is 16.9 Å². The molecule has 8 aromatic carbocycles. The van der Waals surface area contributed by atoms with Crippen LogP contribution in [0.15, 0.2) is 188 Å². The van der Waals surface area contributed by atoms with Crippen LogP contribution < -0.4 is 4.90 Å². The Balaban J connectivity index is 1.11. The lowest BCUT2D eigenvalue weighted by Crippen LogP contribution is -2.15. The van der Waals surface area contributed by atoms with E-state index in [0.29, 0.717) is 0 Å². The molecule has 0 saturated heterocycles. The fourth-order valence-corrected chi connectivity index (χ4v) is 11.3. The molecular formula is C60H48N2. The first-order valence-electron chi connectivity index (χ1n) is 22.2. The summed E-state index contributed by atoms with van der Waals surface area (Å²) in [5.41, 5.74) is 24.1. The third-order valence-corrected chi connectivity index (χ3v) is 14.3. The minimum atomic E-state index is -0.105. The highest BCUT2D eigenvalue weighted by Crippen LogP contribution is 2.55. The summed E-state index contributed by atoms with van der Waals surface area (Å²) in [7, 11) is 0. The van der Waals surface area contributed by atoms with Gasteiger partial charge in [-0.3, -0.25) is 0 Å². The summed E-state index contributed by atoms with van der Waals surface area (Å²) in [5.74, 6) is 0. The minimum absolute atomic E-state index is 0.0594. The molecule has 0 fully saturated rings. The molecule has 2 heteroatoms. The second-order valence-corrected chi connectivity index (χ2v) is 18.4. The van der Waals surface area contributed by atoms with Crippen molar-refractivity contribution >= 4 is 34.0 Å². The number of nitrogens with zero attached hydrogens (tertiary/aromatic N) is 2. The lowest BCUT2D eigenvalue weighted by Gasteiger charge is -2.31. The van der Waals surface area contributed by atoms with Gasteiger partial charge < -0.3 is 9.47 Å². The largest absolute Gasteiger partial charge is 0.313 e. The minimum Gasteiger partial charge on any atom is -0.313 e. The molecule has 0 bridgehead atoms. The molecule has 0 atom stereocenters.